The van der Waals surface area contributed by atoms with E-state index in [0.29, 0.717) is 30.7 Å². The van der Waals surface area contributed by atoms with Gasteiger partial charge in [0, 0.05) is 32.0 Å². The van der Waals surface area contributed by atoms with Crippen LogP contribution in [0.15, 0.2) is 6.07 Å². The number of carbonyl (C=O) groups excluding carboxylic acids is 1. The summed E-state index contributed by atoms with van der Waals surface area (Å²) in [6.45, 7) is 7.74. The van der Waals surface area contributed by atoms with Crippen molar-refractivity contribution in [3.8, 4) is 5.88 Å². The van der Waals surface area contributed by atoms with Crippen LogP contribution in [0.4, 0.5) is 5.82 Å². The molecule has 1 aliphatic carbocycles. The second-order valence-corrected chi connectivity index (χ2v) is 7.07. The van der Waals surface area contributed by atoms with E-state index in [1.165, 1.54) is 7.11 Å². The standard InChI is InChI=1S/C18H27N3O4.CH4/c1-12(2)24-14-5-9-21(10-6-14)15-11-16(20-13(3)19-15)25-18(7-8-18)17(22)23-4;/h11-12,14H,5-10H2,1-4H3;1H4. The lowest BCUT2D eigenvalue weighted by atomic mass is 10.1. The molecule has 7 nitrogen and oxygen atoms in total. The molecule has 0 bridgehead atoms. The third-order valence-corrected chi connectivity index (χ3v) is 4.59. The first-order valence-electron chi connectivity index (χ1n) is 8.95. The molecule has 1 aliphatic heterocycles. The normalized spacial score (nSPS) is 19.0. The number of rotatable bonds is 6. The van der Waals surface area contributed by atoms with Gasteiger partial charge in [0.15, 0.2) is 0 Å². The number of aryl methyl sites for hydroxylation is 1. The molecule has 7 heteroatoms. The average molecular weight is 365 g/mol. The SMILES string of the molecule is C.COC(=O)C1(Oc2cc(N3CCC(OC(C)C)CC3)nc(C)n2)CC1. The number of nitrogens with zero attached hydrogens (tertiary/aromatic N) is 3. The molecule has 2 fully saturated rings. The number of methoxy groups -OCH3 is 1. The summed E-state index contributed by atoms with van der Waals surface area (Å²) < 4.78 is 16.6. The predicted molar refractivity (Wildman–Crippen MR) is 99.6 cm³/mol. The minimum absolute atomic E-state index is 0. The molecule has 2 aliphatic rings. The molecule has 3 rings (SSSR count). The number of aromatic nitrogens is 2. The highest BCUT2D eigenvalue weighted by Gasteiger charge is 2.54. The molecule has 0 spiro atoms. The van der Waals surface area contributed by atoms with Gasteiger partial charge in [-0.25, -0.2) is 9.78 Å². The van der Waals surface area contributed by atoms with Gasteiger partial charge in [-0.05, 0) is 33.6 Å². The third kappa shape index (κ3) is 4.63. The van der Waals surface area contributed by atoms with Crippen LogP contribution in [-0.2, 0) is 14.3 Å². The summed E-state index contributed by atoms with van der Waals surface area (Å²) in [5.41, 5.74) is -0.856. The van der Waals surface area contributed by atoms with Gasteiger partial charge in [0.1, 0.15) is 11.6 Å². The summed E-state index contributed by atoms with van der Waals surface area (Å²) in [5, 5.41) is 0. The van der Waals surface area contributed by atoms with E-state index in [0.717, 1.165) is 31.7 Å². The van der Waals surface area contributed by atoms with E-state index < -0.39 is 5.60 Å². The minimum atomic E-state index is -0.856. The highest BCUT2D eigenvalue weighted by Crippen LogP contribution is 2.41. The van der Waals surface area contributed by atoms with Crippen LogP contribution in [-0.4, -0.2) is 53.9 Å². The number of hydrogen-bond acceptors (Lipinski definition) is 7. The Hall–Kier alpha value is -1.89. The Balaban J connectivity index is 0.00000243. The van der Waals surface area contributed by atoms with Crippen molar-refractivity contribution in [3.05, 3.63) is 11.9 Å². The number of piperidine rings is 1. The Bertz CT molecular complexity index is 623. The van der Waals surface area contributed by atoms with Crippen LogP contribution in [0, 0.1) is 6.92 Å². The number of hydrogen-bond donors (Lipinski definition) is 0. The monoisotopic (exact) mass is 365 g/mol. The first-order valence-corrected chi connectivity index (χ1v) is 8.95. The lowest BCUT2D eigenvalue weighted by Gasteiger charge is -2.33. The lowest BCUT2D eigenvalue weighted by Crippen LogP contribution is -2.38. The van der Waals surface area contributed by atoms with E-state index >= 15 is 0 Å². The topological polar surface area (TPSA) is 73.8 Å². The fraction of sp³-hybridized carbons (Fsp3) is 0.737. The quantitative estimate of drug-likeness (QED) is 0.718. The van der Waals surface area contributed by atoms with Crippen molar-refractivity contribution in [3.63, 3.8) is 0 Å². The van der Waals surface area contributed by atoms with Gasteiger partial charge in [-0.15, -0.1) is 0 Å². The van der Waals surface area contributed by atoms with E-state index in [4.69, 9.17) is 14.2 Å². The molecule has 0 atom stereocenters. The molecule has 0 amide bonds. The Labute approximate surface area is 156 Å². The van der Waals surface area contributed by atoms with Gasteiger partial charge < -0.3 is 19.1 Å². The van der Waals surface area contributed by atoms with Crippen molar-refractivity contribution in [2.24, 2.45) is 0 Å². The molecular formula is C19H31N3O4. The maximum absolute atomic E-state index is 11.9. The molecule has 0 aromatic carbocycles. The number of carbonyl (C=O) groups is 1. The van der Waals surface area contributed by atoms with Crippen molar-refractivity contribution in [2.75, 3.05) is 25.1 Å². The van der Waals surface area contributed by atoms with Crippen LogP contribution in [0.25, 0.3) is 0 Å². The fourth-order valence-corrected chi connectivity index (χ4v) is 3.19. The van der Waals surface area contributed by atoms with Gasteiger partial charge in [0.05, 0.1) is 19.3 Å². The molecule has 1 aromatic rings. The zero-order valence-electron chi connectivity index (χ0n) is 15.4. The molecular weight excluding hydrogens is 334 g/mol. The van der Waals surface area contributed by atoms with Crippen LogP contribution in [0.5, 0.6) is 5.88 Å². The van der Waals surface area contributed by atoms with E-state index in [2.05, 4.69) is 28.7 Å². The van der Waals surface area contributed by atoms with E-state index in [1.54, 1.807) is 0 Å². The molecule has 146 valence electrons. The van der Waals surface area contributed by atoms with E-state index in [1.807, 2.05) is 13.0 Å². The van der Waals surface area contributed by atoms with Crippen molar-refractivity contribution in [1.82, 2.24) is 9.97 Å². The molecule has 1 aromatic heterocycles. The molecule has 0 unspecified atom stereocenters. The second-order valence-electron chi connectivity index (χ2n) is 7.07. The number of ether oxygens (including phenoxy) is 3. The van der Waals surface area contributed by atoms with Gasteiger partial charge in [-0.3, -0.25) is 0 Å². The second kappa shape index (κ2) is 8.20. The maximum atomic E-state index is 11.9. The summed E-state index contributed by atoms with van der Waals surface area (Å²) in [7, 11) is 1.38. The Morgan fingerprint density at radius 2 is 1.92 bits per heavy atom. The van der Waals surface area contributed by atoms with Crippen LogP contribution in [0.3, 0.4) is 0 Å². The maximum Gasteiger partial charge on any atom is 0.350 e. The van der Waals surface area contributed by atoms with Gasteiger partial charge in [-0.2, -0.15) is 4.98 Å². The van der Waals surface area contributed by atoms with E-state index in [-0.39, 0.29) is 19.5 Å². The van der Waals surface area contributed by atoms with Crippen LogP contribution >= 0.6 is 0 Å². The van der Waals surface area contributed by atoms with Gasteiger partial charge >= 0.3 is 5.97 Å². The Morgan fingerprint density at radius 1 is 1.27 bits per heavy atom. The van der Waals surface area contributed by atoms with Crippen molar-refractivity contribution < 1.29 is 19.0 Å². The summed E-state index contributed by atoms with van der Waals surface area (Å²) in [5.74, 6) is 1.57. The molecule has 1 saturated heterocycles. The Morgan fingerprint density at radius 3 is 2.46 bits per heavy atom. The zero-order valence-corrected chi connectivity index (χ0v) is 15.4. The summed E-state index contributed by atoms with van der Waals surface area (Å²) >= 11 is 0. The minimum Gasteiger partial charge on any atom is -0.466 e. The first kappa shape index (κ1) is 20.4. The van der Waals surface area contributed by atoms with Crippen LogP contribution < -0.4 is 9.64 Å². The molecule has 2 heterocycles. The Kier molecular flexibility index (Phi) is 6.44. The highest BCUT2D eigenvalue weighted by atomic mass is 16.6. The third-order valence-electron chi connectivity index (χ3n) is 4.59. The molecule has 0 radical (unpaired) electrons. The van der Waals surface area contributed by atoms with Crippen LogP contribution in [0.1, 0.15) is 52.8 Å². The summed E-state index contributed by atoms with van der Waals surface area (Å²) in [4.78, 5) is 23.0. The van der Waals surface area contributed by atoms with Crippen LogP contribution in [0.2, 0.25) is 0 Å². The zero-order chi connectivity index (χ0) is 18.0. The summed E-state index contributed by atoms with van der Waals surface area (Å²) in [6.07, 6.45) is 3.84. The molecule has 1 saturated carbocycles. The van der Waals surface area contributed by atoms with Crippen molar-refractivity contribution in [2.45, 2.75) is 71.7 Å². The molecule has 26 heavy (non-hydrogen) atoms. The first-order chi connectivity index (χ1) is 11.9. The van der Waals surface area contributed by atoms with Crippen molar-refractivity contribution in [1.29, 1.82) is 0 Å². The summed E-state index contributed by atoms with van der Waals surface area (Å²) in [6, 6.07) is 1.82. The molecule has 0 N–H and O–H groups in total. The smallest absolute Gasteiger partial charge is 0.350 e. The lowest BCUT2D eigenvalue weighted by molar-refractivity contribution is -0.151. The van der Waals surface area contributed by atoms with Gasteiger partial charge in [-0.1, -0.05) is 7.43 Å². The predicted octanol–water partition coefficient (Wildman–Crippen LogP) is 2.90. The largest absolute Gasteiger partial charge is 0.466 e. The fourth-order valence-electron chi connectivity index (χ4n) is 3.19. The number of anilines is 1. The highest BCUT2D eigenvalue weighted by molar-refractivity contribution is 5.83. The van der Waals surface area contributed by atoms with E-state index in [9.17, 15) is 4.79 Å². The van der Waals surface area contributed by atoms with Gasteiger partial charge in [0.2, 0.25) is 11.5 Å². The van der Waals surface area contributed by atoms with Crippen molar-refractivity contribution >= 4 is 11.8 Å². The van der Waals surface area contributed by atoms with Gasteiger partial charge in [0.25, 0.3) is 0 Å². The number of esters is 1. The average Bonchev–Trinajstić information content (AvgIpc) is 3.34.